The topological polar surface area (TPSA) is 69.5 Å². The smallest absolute Gasteiger partial charge is 0.233 e. The molecule has 0 radical (unpaired) electrons. The van der Waals surface area contributed by atoms with Crippen LogP contribution in [0.2, 0.25) is 0 Å². The maximum atomic E-state index is 13.4. The third kappa shape index (κ3) is 5.33. The zero-order valence-corrected chi connectivity index (χ0v) is 20.2. The first kappa shape index (κ1) is 23.2. The molecule has 1 atom stereocenters. The Balaban J connectivity index is 1.50. The number of thioether (sulfide) groups is 1. The number of aromatic nitrogens is 3. The number of ether oxygens (including phenoxy) is 2. The van der Waals surface area contributed by atoms with Crippen LogP contribution in [0.3, 0.4) is 0 Å². The number of nitrogens with zero attached hydrogens (tertiary/aromatic N) is 4. The number of amides is 1. The van der Waals surface area contributed by atoms with Gasteiger partial charge in [0, 0.05) is 12.2 Å². The van der Waals surface area contributed by atoms with E-state index in [9.17, 15) is 4.79 Å². The monoisotopic (exact) mass is 466 g/mol. The molecule has 2 aromatic carbocycles. The second kappa shape index (κ2) is 10.7. The van der Waals surface area contributed by atoms with Crippen molar-refractivity contribution in [3.8, 4) is 17.2 Å². The highest BCUT2D eigenvalue weighted by Crippen LogP contribution is 2.32. The second-order valence-corrected chi connectivity index (χ2v) is 9.02. The summed E-state index contributed by atoms with van der Waals surface area (Å²) in [6, 6.07) is 15.9. The van der Waals surface area contributed by atoms with Gasteiger partial charge in [-0.25, -0.2) is 0 Å². The van der Waals surface area contributed by atoms with Crippen LogP contribution in [0.1, 0.15) is 43.1 Å². The van der Waals surface area contributed by atoms with Gasteiger partial charge in [0.2, 0.25) is 5.91 Å². The first-order valence-electron chi connectivity index (χ1n) is 11.2. The van der Waals surface area contributed by atoms with Crippen LogP contribution in [0.5, 0.6) is 11.5 Å². The molecule has 1 amide bonds. The fraction of sp³-hybridized carbons (Fsp3) is 0.400. The molecule has 0 N–H and O–H groups in total. The molecule has 0 saturated carbocycles. The standard InChI is InChI=1S/C25H30N4O3S/c1-18-26-27-25(29(18)20-10-14-22(32-3)15-11-20)33-17-24(30)28-16-6-4-5-7-23(28)19-8-12-21(31-2)13-9-19/h8-15,23H,4-7,16-17H2,1-3H3. The maximum absolute atomic E-state index is 13.4. The molecule has 8 heteroatoms. The van der Waals surface area contributed by atoms with Crippen molar-refractivity contribution in [1.29, 1.82) is 0 Å². The Labute approximate surface area is 199 Å². The number of hydrogen-bond donors (Lipinski definition) is 0. The van der Waals surface area contributed by atoms with Gasteiger partial charge in [-0.05, 0) is 61.7 Å². The summed E-state index contributed by atoms with van der Waals surface area (Å²) in [6.07, 6.45) is 4.28. The normalized spacial score (nSPS) is 16.3. The van der Waals surface area contributed by atoms with Crippen molar-refractivity contribution in [2.75, 3.05) is 26.5 Å². The van der Waals surface area contributed by atoms with E-state index in [1.807, 2.05) is 52.8 Å². The molecule has 4 rings (SSSR count). The van der Waals surface area contributed by atoms with E-state index >= 15 is 0 Å². The molecule has 0 bridgehead atoms. The van der Waals surface area contributed by atoms with Gasteiger partial charge < -0.3 is 14.4 Å². The summed E-state index contributed by atoms with van der Waals surface area (Å²) in [7, 11) is 3.31. The fourth-order valence-electron chi connectivity index (χ4n) is 4.25. The minimum Gasteiger partial charge on any atom is -0.497 e. The summed E-state index contributed by atoms with van der Waals surface area (Å²) in [5, 5.41) is 9.28. The van der Waals surface area contributed by atoms with Gasteiger partial charge in [-0.15, -0.1) is 10.2 Å². The molecule has 33 heavy (non-hydrogen) atoms. The molecule has 174 valence electrons. The van der Waals surface area contributed by atoms with Crippen molar-refractivity contribution in [1.82, 2.24) is 19.7 Å². The zero-order chi connectivity index (χ0) is 23.2. The van der Waals surface area contributed by atoms with Gasteiger partial charge in [-0.3, -0.25) is 9.36 Å². The van der Waals surface area contributed by atoms with Gasteiger partial charge in [0.1, 0.15) is 17.3 Å². The first-order chi connectivity index (χ1) is 16.1. The van der Waals surface area contributed by atoms with Crippen LogP contribution in [0.25, 0.3) is 5.69 Å². The van der Waals surface area contributed by atoms with Gasteiger partial charge in [-0.2, -0.15) is 0 Å². The van der Waals surface area contributed by atoms with Crippen molar-refractivity contribution in [2.45, 2.75) is 43.8 Å². The summed E-state index contributed by atoms with van der Waals surface area (Å²) < 4.78 is 12.5. The van der Waals surface area contributed by atoms with Crippen molar-refractivity contribution in [3.05, 3.63) is 59.9 Å². The lowest BCUT2D eigenvalue weighted by molar-refractivity contribution is -0.130. The Bertz CT molecular complexity index is 1070. The van der Waals surface area contributed by atoms with Gasteiger partial charge in [0.25, 0.3) is 0 Å². The number of methoxy groups -OCH3 is 2. The number of aryl methyl sites for hydroxylation is 1. The van der Waals surface area contributed by atoms with Crippen LogP contribution < -0.4 is 9.47 Å². The molecule has 1 aliphatic heterocycles. The molecule has 2 heterocycles. The molecule has 7 nitrogen and oxygen atoms in total. The summed E-state index contributed by atoms with van der Waals surface area (Å²) in [6.45, 7) is 2.69. The van der Waals surface area contributed by atoms with Crippen molar-refractivity contribution in [3.63, 3.8) is 0 Å². The van der Waals surface area contributed by atoms with E-state index in [1.54, 1.807) is 14.2 Å². The predicted octanol–water partition coefficient (Wildman–Crippen LogP) is 4.83. The lowest BCUT2D eigenvalue weighted by Gasteiger charge is -2.30. The molecule has 1 fully saturated rings. The first-order valence-corrected chi connectivity index (χ1v) is 12.2. The van der Waals surface area contributed by atoms with E-state index in [4.69, 9.17) is 9.47 Å². The van der Waals surface area contributed by atoms with E-state index in [0.29, 0.717) is 10.9 Å². The zero-order valence-electron chi connectivity index (χ0n) is 19.4. The third-order valence-electron chi connectivity index (χ3n) is 6.02. The molecule has 1 aromatic heterocycles. The largest absolute Gasteiger partial charge is 0.497 e. The van der Waals surface area contributed by atoms with E-state index in [1.165, 1.54) is 11.8 Å². The van der Waals surface area contributed by atoms with Crippen LogP contribution in [0, 0.1) is 6.92 Å². The summed E-state index contributed by atoms with van der Waals surface area (Å²) in [5.41, 5.74) is 2.10. The Morgan fingerprint density at radius 1 is 0.970 bits per heavy atom. The summed E-state index contributed by atoms with van der Waals surface area (Å²) in [4.78, 5) is 15.4. The van der Waals surface area contributed by atoms with E-state index in [-0.39, 0.29) is 11.9 Å². The van der Waals surface area contributed by atoms with E-state index < -0.39 is 0 Å². The summed E-state index contributed by atoms with van der Waals surface area (Å²) >= 11 is 1.43. The number of carbonyl (C=O) groups is 1. The number of likely N-dealkylation sites (tertiary alicyclic amines) is 1. The Morgan fingerprint density at radius 3 is 2.30 bits per heavy atom. The molecule has 3 aromatic rings. The Morgan fingerprint density at radius 2 is 1.64 bits per heavy atom. The molecule has 1 aliphatic rings. The Hall–Kier alpha value is -3.00. The minimum absolute atomic E-state index is 0.0905. The molecule has 0 spiro atoms. The highest BCUT2D eigenvalue weighted by atomic mass is 32.2. The van der Waals surface area contributed by atoms with Gasteiger partial charge in [0.15, 0.2) is 5.16 Å². The van der Waals surface area contributed by atoms with Crippen molar-refractivity contribution >= 4 is 17.7 Å². The number of carbonyl (C=O) groups excluding carboxylic acids is 1. The minimum atomic E-state index is 0.0905. The van der Waals surface area contributed by atoms with Crippen LogP contribution in [0.4, 0.5) is 0 Å². The SMILES string of the molecule is COc1ccc(C2CCCCCN2C(=O)CSc2nnc(C)n2-c2ccc(OC)cc2)cc1. The van der Waals surface area contributed by atoms with Crippen molar-refractivity contribution < 1.29 is 14.3 Å². The van der Waals surface area contributed by atoms with Gasteiger partial charge in [-0.1, -0.05) is 36.7 Å². The van der Waals surface area contributed by atoms with E-state index in [2.05, 4.69) is 22.3 Å². The molecule has 0 aliphatic carbocycles. The maximum Gasteiger partial charge on any atom is 0.233 e. The van der Waals surface area contributed by atoms with Crippen LogP contribution in [-0.4, -0.2) is 52.1 Å². The number of benzene rings is 2. The number of rotatable bonds is 7. The van der Waals surface area contributed by atoms with E-state index in [0.717, 1.165) is 60.8 Å². The third-order valence-corrected chi connectivity index (χ3v) is 6.94. The fourth-order valence-corrected chi connectivity index (χ4v) is 5.14. The average molecular weight is 467 g/mol. The van der Waals surface area contributed by atoms with Crippen molar-refractivity contribution in [2.24, 2.45) is 0 Å². The molecule has 1 unspecified atom stereocenters. The quantitative estimate of drug-likeness (QED) is 0.465. The Kier molecular flexibility index (Phi) is 7.54. The van der Waals surface area contributed by atoms with Crippen LogP contribution in [-0.2, 0) is 4.79 Å². The number of hydrogen-bond acceptors (Lipinski definition) is 6. The van der Waals surface area contributed by atoms with Crippen LogP contribution in [0.15, 0.2) is 53.7 Å². The lowest BCUT2D eigenvalue weighted by Crippen LogP contribution is -2.36. The molecular formula is C25H30N4O3S. The highest BCUT2D eigenvalue weighted by molar-refractivity contribution is 7.99. The van der Waals surface area contributed by atoms with Crippen LogP contribution >= 0.6 is 11.8 Å². The lowest BCUT2D eigenvalue weighted by atomic mass is 10.0. The summed E-state index contributed by atoms with van der Waals surface area (Å²) in [5.74, 6) is 2.85. The molecule has 1 saturated heterocycles. The predicted molar refractivity (Wildman–Crippen MR) is 129 cm³/mol. The average Bonchev–Trinajstić information content (AvgIpc) is 3.06. The second-order valence-electron chi connectivity index (χ2n) is 8.08. The highest BCUT2D eigenvalue weighted by Gasteiger charge is 2.27. The van der Waals surface area contributed by atoms with Gasteiger partial charge in [0.05, 0.1) is 26.0 Å². The van der Waals surface area contributed by atoms with Gasteiger partial charge >= 0.3 is 0 Å². The molecular weight excluding hydrogens is 436 g/mol.